The van der Waals surface area contributed by atoms with Gasteiger partial charge in [-0.25, -0.2) is 8.42 Å². The van der Waals surface area contributed by atoms with Crippen molar-refractivity contribution < 1.29 is 8.42 Å². The van der Waals surface area contributed by atoms with Crippen molar-refractivity contribution in [3.05, 3.63) is 29.8 Å². The van der Waals surface area contributed by atoms with Crippen LogP contribution < -0.4 is 5.32 Å². The van der Waals surface area contributed by atoms with E-state index >= 15 is 0 Å². The van der Waals surface area contributed by atoms with Gasteiger partial charge in [-0.2, -0.15) is 0 Å². The van der Waals surface area contributed by atoms with Gasteiger partial charge in [0, 0.05) is 6.04 Å². The van der Waals surface area contributed by atoms with Crippen molar-refractivity contribution in [2.45, 2.75) is 38.1 Å². The van der Waals surface area contributed by atoms with E-state index in [1.807, 2.05) is 32.9 Å². The smallest absolute Gasteiger partial charge is 0.178 e. The molecule has 0 spiro atoms. The summed E-state index contributed by atoms with van der Waals surface area (Å²) in [4.78, 5) is 0.462. The van der Waals surface area contributed by atoms with Crippen LogP contribution in [0.2, 0.25) is 0 Å². The zero-order chi connectivity index (χ0) is 12.9. The molecular formula is C13H21NO2S. The Bertz CT molecular complexity index is 454. The largest absolute Gasteiger partial charge is 0.314 e. The SMILES string of the molecule is CCNC(C)CCS(=O)(=O)c1ccccc1C. The maximum Gasteiger partial charge on any atom is 0.178 e. The van der Waals surface area contributed by atoms with Crippen molar-refractivity contribution in [2.24, 2.45) is 0 Å². The van der Waals surface area contributed by atoms with Crippen LogP contribution in [0.5, 0.6) is 0 Å². The van der Waals surface area contributed by atoms with E-state index in [0.29, 0.717) is 11.3 Å². The van der Waals surface area contributed by atoms with Gasteiger partial charge >= 0.3 is 0 Å². The second-order valence-corrected chi connectivity index (χ2v) is 6.41. The van der Waals surface area contributed by atoms with E-state index in [2.05, 4.69) is 5.32 Å². The summed E-state index contributed by atoms with van der Waals surface area (Å²) in [7, 11) is -3.14. The predicted molar refractivity (Wildman–Crippen MR) is 71.0 cm³/mol. The molecule has 0 amide bonds. The average Bonchev–Trinajstić information content (AvgIpc) is 2.27. The lowest BCUT2D eigenvalue weighted by atomic mass is 10.2. The second-order valence-electron chi connectivity index (χ2n) is 4.33. The minimum absolute atomic E-state index is 0.200. The molecule has 0 radical (unpaired) electrons. The number of rotatable bonds is 6. The first-order valence-corrected chi connectivity index (χ1v) is 7.64. The molecule has 0 aromatic heterocycles. The van der Waals surface area contributed by atoms with Crippen LogP contribution in [-0.4, -0.2) is 26.8 Å². The second kappa shape index (κ2) is 6.17. The van der Waals surface area contributed by atoms with Crippen LogP contribution in [0.25, 0.3) is 0 Å². The zero-order valence-electron chi connectivity index (χ0n) is 10.7. The van der Waals surface area contributed by atoms with Crippen molar-refractivity contribution in [1.82, 2.24) is 5.32 Å². The summed E-state index contributed by atoms with van der Waals surface area (Å²) < 4.78 is 24.3. The van der Waals surface area contributed by atoms with E-state index in [9.17, 15) is 8.42 Å². The summed E-state index contributed by atoms with van der Waals surface area (Å²) in [5, 5.41) is 3.22. The highest BCUT2D eigenvalue weighted by molar-refractivity contribution is 7.91. The maximum absolute atomic E-state index is 12.1. The number of sulfone groups is 1. The van der Waals surface area contributed by atoms with Crippen LogP contribution in [0, 0.1) is 6.92 Å². The number of aryl methyl sites for hydroxylation is 1. The highest BCUT2D eigenvalue weighted by atomic mass is 32.2. The quantitative estimate of drug-likeness (QED) is 0.847. The van der Waals surface area contributed by atoms with Crippen molar-refractivity contribution >= 4 is 9.84 Å². The van der Waals surface area contributed by atoms with Gasteiger partial charge in [-0.1, -0.05) is 25.1 Å². The van der Waals surface area contributed by atoms with Gasteiger partial charge in [0.15, 0.2) is 9.84 Å². The minimum atomic E-state index is -3.14. The van der Waals surface area contributed by atoms with Gasteiger partial charge in [0.25, 0.3) is 0 Å². The van der Waals surface area contributed by atoms with Crippen molar-refractivity contribution in [3.63, 3.8) is 0 Å². The van der Waals surface area contributed by atoms with Gasteiger partial charge in [0.05, 0.1) is 10.6 Å². The van der Waals surface area contributed by atoms with E-state index in [-0.39, 0.29) is 11.8 Å². The summed E-state index contributed by atoms with van der Waals surface area (Å²) in [5.41, 5.74) is 0.823. The molecule has 0 heterocycles. The molecule has 17 heavy (non-hydrogen) atoms. The summed E-state index contributed by atoms with van der Waals surface area (Å²) in [6, 6.07) is 7.38. The Morgan fingerprint density at radius 3 is 2.53 bits per heavy atom. The summed E-state index contributed by atoms with van der Waals surface area (Å²) in [6.07, 6.45) is 0.643. The Morgan fingerprint density at radius 1 is 1.29 bits per heavy atom. The molecule has 4 heteroatoms. The van der Waals surface area contributed by atoms with E-state index in [1.165, 1.54) is 0 Å². The molecule has 0 aliphatic heterocycles. The molecular weight excluding hydrogens is 234 g/mol. The van der Waals surface area contributed by atoms with Crippen molar-refractivity contribution in [1.29, 1.82) is 0 Å². The van der Waals surface area contributed by atoms with Gasteiger partial charge in [-0.15, -0.1) is 0 Å². The average molecular weight is 255 g/mol. The summed E-state index contributed by atoms with van der Waals surface area (Å²) in [5.74, 6) is 0.200. The Kier molecular flexibility index (Phi) is 5.15. The number of hydrogen-bond donors (Lipinski definition) is 1. The van der Waals surface area contributed by atoms with Crippen molar-refractivity contribution in [2.75, 3.05) is 12.3 Å². The monoisotopic (exact) mass is 255 g/mol. The first-order chi connectivity index (χ1) is 7.97. The first-order valence-electron chi connectivity index (χ1n) is 5.99. The van der Waals surface area contributed by atoms with Crippen LogP contribution in [0.15, 0.2) is 29.2 Å². The molecule has 0 saturated heterocycles. The Hall–Kier alpha value is -0.870. The topological polar surface area (TPSA) is 46.2 Å². The molecule has 0 saturated carbocycles. The fraction of sp³-hybridized carbons (Fsp3) is 0.538. The third kappa shape index (κ3) is 4.13. The number of nitrogens with one attached hydrogen (secondary N) is 1. The first kappa shape index (κ1) is 14.2. The molecule has 0 aliphatic carbocycles. The fourth-order valence-electron chi connectivity index (χ4n) is 1.80. The van der Waals surface area contributed by atoms with E-state index < -0.39 is 9.84 Å². The normalized spacial score (nSPS) is 13.6. The third-order valence-corrected chi connectivity index (χ3v) is 4.70. The van der Waals surface area contributed by atoms with Gasteiger partial charge in [-0.05, 0) is 38.4 Å². The highest BCUT2D eigenvalue weighted by Crippen LogP contribution is 2.16. The highest BCUT2D eigenvalue weighted by Gasteiger charge is 2.17. The third-order valence-electron chi connectivity index (χ3n) is 2.80. The zero-order valence-corrected chi connectivity index (χ0v) is 11.5. The molecule has 0 bridgehead atoms. The van der Waals surface area contributed by atoms with Crippen LogP contribution in [0.3, 0.4) is 0 Å². The van der Waals surface area contributed by atoms with E-state index in [4.69, 9.17) is 0 Å². The Balaban J connectivity index is 2.73. The molecule has 1 atom stereocenters. The van der Waals surface area contributed by atoms with Crippen LogP contribution >= 0.6 is 0 Å². The van der Waals surface area contributed by atoms with Gasteiger partial charge in [-0.3, -0.25) is 0 Å². The molecule has 1 N–H and O–H groups in total. The lowest BCUT2D eigenvalue weighted by molar-refractivity contribution is 0.541. The maximum atomic E-state index is 12.1. The van der Waals surface area contributed by atoms with Gasteiger partial charge < -0.3 is 5.32 Å². The van der Waals surface area contributed by atoms with Crippen LogP contribution in [-0.2, 0) is 9.84 Å². The lowest BCUT2D eigenvalue weighted by Crippen LogP contribution is -2.28. The molecule has 96 valence electrons. The summed E-state index contributed by atoms with van der Waals surface area (Å²) in [6.45, 7) is 6.73. The van der Waals surface area contributed by atoms with E-state index in [0.717, 1.165) is 12.1 Å². The number of benzene rings is 1. The Morgan fingerprint density at radius 2 is 1.94 bits per heavy atom. The van der Waals surface area contributed by atoms with E-state index in [1.54, 1.807) is 12.1 Å². The van der Waals surface area contributed by atoms with Crippen LogP contribution in [0.4, 0.5) is 0 Å². The predicted octanol–water partition coefficient (Wildman–Crippen LogP) is 2.16. The van der Waals surface area contributed by atoms with Gasteiger partial charge in [0.1, 0.15) is 0 Å². The summed E-state index contributed by atoms with van der Waals surface area (Å²) >= 11 is 0. The molecule has 1 aromatic rings. The number of hydrogen-bond acceptors (Lipinski definition) is 3. The molecule has 1 unspecified atom stereocenters. The molecule has 1 aromatic carbocycles. The molecule has 0 fully saturated rings. The fourth-order valence-corrected chi connectivity index (χ4v) is 3.53. The molecule has 1 rings (SSSR count). The lowest BCUT2D eigenvalue weighted by Gasteiger charge is -2.13. The standard InChI is InChI=1S/C13H21NO2S/c1-4-14-12(3)9-10-17(15,16)13-8-6-5-7-11(13)2/h5-8,12,14H,4,9-10H2,1-3H3. The minimum Gasteiger partial charge on any atom is -0.314 e. The molecule has 0 aliphatic rings. The van der Waals surface area contributed by atoms with Crippen molar-refractivity contribution in [3.8, 4) is 0 Å². The Labute approximate surface area is 104 Å². The van der Waals surface area contributed by atoms with Gasteiger partial charge in [0.2, 0.25) is 0 Å². The van der Waals surface area contributed by atoms with Crippen LogP contribution in [0.1, 0.15) is 25.8 Å². The molecule has 3 nitrogen and oxygen atoms in total.